The summed E-state index contributed by atoms with van der Waals surface area (Å²) in [6.45, 7) is 1.32. The van der Waals surface area contributed by atoms with Crippen LogP contribution in [0.3, 0.4) is 0 Å². The number of carbonyl (C=O) groups is 1. The Balaban J connectivity index is 1.51. The molecule has 1 amide bonds. The summed E-state index contributed by atoms with van der Waals surface area (Å²) < 4.78 is 80.0. The van der Waals surface area contributed by atoms with E-state index in [1.807, 2.05) is 7.05 Å². The molecule has 1 saturated heterocycles. The Labute approximate surface area is 236 Å². The zero-order valence-electron chi connectivity index (χ0n) is 22.2. The monoisotopic (exact) mass is 589 g/mol. The van der Waals surface area contributed by atoms with Gasteiger partial charge >= 0.3 is 12.4 Å². The molecule has 1 aliphatic heterocycles. The first kappa shape index (κ1) is 29.2. The van der Waals surface area contributed by atoms with Gasteiger partial charge in [0.25, 0.3) is 5.91 Å². The van der Waals surface area contributed by atoms with Crippen LogP contribution < -0.4 is 10.6 Å². The van der Waals surface area contributed by atoms with Gasteiger partial charge < -0.3 is 15.5 Å². The third-order valence-corrected chi connectivity index (χ3v) is 7.03. The molecule has 4 heterocycles. The largest absolute Gasteiger partial charge is 0.418 e. The molecule has 220 valence electrons. The van der Waals surface area contributed by atoms with Crippen LogP contribution in [0.15, 0.2) is 54.7 Å². The van der Waals surface area contributed by atoms with E-state index in [1.165, 1.54) is 30.5 Å². The van der Waals surface area contributed by atoms with Crippen LogP contribution in [-0.2, 0) is 12.4 Å². The SMILES string of the molecule is CN1CCCC1CCNC(=O)c1nc(Nc2ccc(C(F)(F)F)cc2)c2ccc(-c3ncccc3C(F)(F)F)nc2n1. The van der Waals surface area contributed by atoms with E-state index in [-0.39, 0.29) is 34.1 Å². The van der Waals surface area contributed by atoms with E-state index in [0.29, 0.717) is 19.0 Å². The quantitative estimate of drug-likeness (QED) is 0.252. The third kappa shape index (κ3) is 6.43. The van der Waals surface area contributed by atoms with Crippen LogP contribution in [0.25, 0.3) is 22.4 Å². The average Bonchev–Trinajstić information content (AvgIpc) is 3.36. The summed E-state index contributed by atoms with van der Waals surface area (Å²) in [6.07, 6.45) is -5.23. The van der Waals surface area contributed by atoms with Crippen molar-refractivity contribution in [2.75, 3.05) is 25.5 Å². The van der Waals surface area contributed by atoms with Crippen molar-refractivity contribution in [3.63, 3.8) is 0 Å². The molecular weight excluding hydrogens is 564 g/mol. The number of alkyl halides is 6. The minimum absolute atomic E-state index is 0.0385. The van der Waals surface area contributed by atoms with Gasteiger partial charge in [-0.2, -0.15) is 26.3 Å². The lowest BCUT2D eigenvalue weighted by Gasteiger charge is -2.19. The van der Waals surface area contributed by atoms with Gasteiger partial charge in [-0.05, 0) is 81.4 Å². The van der Waals surface area contributed by atoms with Crippen LogP contribution in [-0.4, -0.2) is 56.9 Å². The fourth-order valence-electron chi connectivity index (χ4n) is 4.83. The number of likely N-dealkylation sites (tertiary alicyclic amines) is 1. The van der Waals surface area contributed by atoms with Crippen molar-refractivity contribution >= 4 is 28.4 Å². The molecule has 1 atom stereocenters. The molecule has 1 unspecified atom stereocenters. The standard InChI is InChI=1S/C28H25F6N7O/c1-41-15-3-4-18(41)12-14-36-26(42)25-39-23(37-17-8-6-16(7-9-17)27(29,30)31)19-10-11-21(38-24(19)40-25)22-20(28(32,33)34)5-2-13-35-22/h2,5-11,13,18H,3-4,12,14-15H2,1H3,(H,36,42)(H,37,38,39,40). The van der Waals surface area contributed by atoms with E-state index >= 15 is 0 Å². The second-order valence-corrected chi connectivity index (χ2v) is 9.88. The van der Waals surface area contributed by atoms with Gasteiger partial charge in [0.05, 0.1) is 22.2 Å². The number of amides is 1. The molecule has 4 aromatic rings. The molecule has 1 aromatic carbocycles. The summed E-state index contributed by atoms with van der Waals surface area (Å²) in [5, 5.41) is 5.88. The lowest BCUT2D eigenvalue weighted by molar-refractivity contribution is -0.138. The Hall–Kier alpha value is -4.33. The van der Waals surface area contributed by atoms with Crippen molar-refractivity contribution in [1.29, 1.82) is 0 Å². The first-order chi connectivity index (χ1) is 19.9. The fraction of sp³-hybridized carbons (Fsp3) is 0.321. The number of pyridine rings is 2. The number of halogens is 6. The topological polar surface area (TPSA) is 95.9 Å². The molecule has 42 heavy (non-hydrogen) atoms. The lowest BCUT2D eigenvalue weighted by Crippen LogP contribution is -2.32. The maximum Gasteiger partial charge on any atom is 0.418 e. The number of nitrogens with zero attached hydrogens (tertiary/aromatic N) is 5. The van der Waals surface area contributed by atoms with Crippen molar-refractivity contribution in [3.05, 3.63) is 71.7 Å². The molecule has 0 radical (unpaired) electrons. The molecule has 0 bridgehead atoms. The second kappa shape index (κ2) is 11.5. The Morgan fingerprint density at radius 3 is 2.40 bits per heavy atom. The number of fused-ring (bicyclic) bond motifs is 1. The molecule has 0 spiro atoms. The highest BCUT2D eigenvalue weighted by molar-refractivity contribution is 5.96. The third-order valence-electron chi connectivity index (χ3n) is 7.03. The zero-order chi connectivity index (χ0) is 30.1. The number of aromatic nitrogens is 4. The van der Waals surface area contributed by atoms with E-state index in [1.54, 1.807) is 0 Å². The van der Waals surface area contributed by atoms with E-state index in [0.717, 1.165) is 43.7 Å². The van der Waals surface area contributed by atoms with Crippen LogP contribution >= 0.6 is 0 Å². The molecule has 1 aliphatic rings. The number of benzene rings is 1. The molecule has 2 N–H and O–H groups in total. The Morgan fingerprint density at radius 1 is 0.976 bits per heavy atom. The predicted octanol–water partition coefficient (Wildman–Crippen LogP) is 6.08. The average molecular weight is 590 g/mol. The Bertz CT molecular complexity index is 1590. The first-order valence-electron chi connectivity index (χ1n) is 13.0. The molecule has 5 rings (SSSR count). The van der Waals surface area contributed by atoms with Crippen molar-refractivity contribution < 1.29 is 31.1 Å². The second-order valence-electron chi connectivity index (χ2n) is 9.88. The molecule has 0 saturated carbocycles. The van der Waals surface area contributed by atoms with Crippen molar-refractivity contribution in [1.82, 2.24) is 30.2 Å². The van der Waals surface area contributed by atoms with Gasteiger partial charge in [-0.1, -0.05) is 0 Å². The Kier molecular flexibility index (Phi) is 7.99. The highest BCUT2D eigenvalue weighted by Gasteiger charge is 2.35. The summed E-state index contributed by atoms with van der Waals surface area (Å²) >= 11 is 0. The predicted molar refractivity (Wildman–Crippen MR) is 143 cm³/mol. The Morgan fingerprint density at radius 2 is 1.74 bits per heavy atom. The van der Waals surface area contributed by atoms with Gasteiger partial charge in [0, 0.05) is 24.5 Å². The van der Waals surface area contributed by atoms with Crippen LogP contribution in [0.2, 0.25) is 0 Å². The lowest BCUT2D eigenvalue weighted by atomic mass is 10.1. The number of anilines is 2. The van der Waals surface area contributed by atoms with Gasteiger partial charge in [-0.25, -0.2) is 15.0 Å². The summed E-state index contributed by atoms with van der Waals surface area (Å²) in [5.41, 5.74) is -2.28. The normalized spacial score (nSPS) is 16.1. The van der Waals surface area contributed by atoms with Crippen LogP contribution in [0.1, 0.15) is 41.0 Å². The van der Waals surface area contributed by atoms with E-state index in [4.69, 9.17) is 0 Å². The molecule has 3 aromatic heterocycles. The summed E-state index contributed by atoms with van der Waals surface area (Å²) in [5.74, 6) is -0.899. The van der Waals surface area contributed by atoms with Gasteiger partial charge in [0.1, 0.15) is 11.5 Å². The maximum absolute atomic E-state index is 13.7. The van der Waals surface area contributed by atoms with Crippen molar-refractivity contribution in [3.8, 4) is 11.4 Å². The number of nitrogens with one attached hydrogen (secondary N) is 2. The van der Waals surface area contributed by atoms with E-state index in [2.05, 4.69) is 35.5 Å². The van der Waals surface area contributed by atoms with Crippen molar-refractivity contribution in [2.45, 2.75) is 37.7 Å². The van der Waals surface area contributed by atoms with Crippen LogP contribution in [0.5, 0.6) is 0 Å². The molecular formula is C28H25F6N7O. The van der Waals surface area contributed by atoms with Gasteiger partial charge in [0.2, 0.25) is 5.82 Å². The number of hydrogen-bond donors (Lipinski definition) is 2. The van der Waals surface area contributed by atoms with Crippen LogP contribution in [0, 0.1) is 0 Å². The van der Waals surface area contributed by atoms with E-state index < -0.39 is 35.1 Å². The minimum Gasteiger partial charge on any atom is -0.349 e. The minimum atomic E-state index is -4.69. The van der Waals surface area contributed by atoms with Crippen LogP contribution in [0.4, 0.5) is 37.8 Å². The summed E-state index contributed by atoms with van der Waals surface area (Å²) in [4.78, 5) is 31.9. The molecule has 14 heteroatoms. The zero-order valence-corrected chi connectivity index (χ0v) is 22.2. The number of carbonyl (C=O) groups excluding carboxylic acids is 1. The van der Waals surface area contributed by atoms with Gasteiger partial charge in [-0.15, -0.1) is 0 Å². The summed E-state index contributed by atoms with van der Waals surface area (Å²) in [7, 11) is 2.01. The van der Waals surface area contributed by atoms with Gasteiger partial charge in [0.15, 0.2) is 5.65 Å². The van der Waals surface area contributed by atoms with Crippen molar-refractivity contribution in [2.24, 2.45) is 0 Å². The smallest absolute Gasteiger partial charge is 0.349 e. The van der Waals surface area contributed by atoms with E-state index in [9.17, 15) is 31.1 Å². The first-order valence-corrected chi connectivity index (χ1v) is 13.0. The fourth-order valence-corrected chi connectivity index (χ4v) is 4.83. The molecule has 1 fully saturated rings. The number of rotatable bonds is 7. The molecule has 8 nitrogen and oxygen atoms in total. The number of hydrogen-bond acceptors (Lipinski definition) is 7. The maximum atomic E-state index is 13.7. The summed E-state index contributed by atoms with van der Waals surface area (Å²) in [6, 6.07) is 9.24. The highest BCUT2D eigenvalue weighted by Crippen LogP contribution is 2.36. The highest BCUT2D eigenvalue weighted by atomic mass is 19.4. The molecule has 0 aliphatic carbocycles. The van der Waals surface area contributed by atoms with Gasteiger partial charge in [-0.3, -0.25) is 9.78 Å².